The van der Waals surface area contributed by atoms with Crippen molar-refractivity contribution in [1.82, 2.24) is 14.8 Å². The minimum Gasteiger partial charge on any atom is -0.493 e. The molecule has 1 amide bonds. The van der Waals surface area contributed by atoms with E-state index in [0.29, 0.717) is 32.6 Å². The number of benzene rings is 2. The molecule has 0 fully saturated rings. The highest BCUT2D eigenvalue weighted by Gasteiger charge is 2.18. The van der Waals surface area contributed by atoms with Crippen LogP contribution in [0.3, 0.4) is 0 Å². The number of ether oxygens (including phenoxy) is 2. The Labute approximate surface area is 192 Å². The van der Waals surface area contributed by atoms with Crippen molar-refractivity contribution in [1.29, 1.82) is 0 Å². The van der Waals surface area contributed by atoms with Crippen LogP contribution in [0.4, 0.5) is 5.69 Å². The molecule has 1 N–H and O–H groups in total. The number of fused-ring (bicyclic) bond motifs is 1. The van der Waals surface area contributed by atoms with E-state index in [1.807, 2.05) is 19.1 Å². The number of hydrogen-bond donors (Lipinski definition) is 1. The van der Waals surface area contributed by atoms with Gasteiger partial charge < -0.3 is 14.8 Å². The first kappa shape index (κ1) is 21.8. The molecule has 0 aliphatic carbocycles. The van der Waals surface area contributed by atoms with Crippen molar-refractivity contribution >= 4 is 44.7 Å². The monoisotopic (exact) mass is 470 g/mol. The maximum absolute atomic E-state index is 13.0. The van der Waals surface area contributed by atoms with Gasteiger partial charge in [0.25, 0.3) is 5.56 Å². The summed E-state index contributed by atoms with van der Waals surface area (Å²) in [5.74, 6) is 0.602. The van der Waals surface area contributed by atoms with Crippen LogP contribution >= 0.6 is 22.9 Å². The first-order valence-electron chi connectivity index (χ1n) is 9.55. The van der Waals surface area contributed by atoms with Crippen LogP contribution < -0.4 is 20.3 Å². The summed E-state index contributed by atoms with van der Waals surface area (Å²) >= 11 is 7.39. The number of carbonyl (C=O) groups excluding carboxylic acids is 1. The average Bonchev–Trinajstić information content (AvgIpc) is 3.18. The molecule has 4 aromatic rings. The lowest BCUT2D eigenvalue weighted by atomic mass is 10.1. The second-order valence-corrected chi connectivity index (χ2v) is 8.49. The van der Waals surface area contributed by atoms with Crippen LogP contribution in [-0.4, -0.2) is 34.9 Å². The summed E-state index contributed by atoms with van der Waals surface area (Å²) in [7, 11) is 3.04. The third-order valence-corrected chi connectivity index (χ3v) is 5.91. The lowest BCUT2D eigenvalue weighted by Crippen LogP contribution is -2.30. The van der Waals surface area contributed by atoms with E-state index in [4.69, 9.17) is 21.1 Å². The zero-order valence-corrected chi connectivity index (χ0v) is 19.1. The fraction of sp³-hybridized carbons (Fsp3) is 0.182. The Bertz CT molecular complexity index is 1370. The molecular weight excluding hydrogens is 452 g/mol. The van der Waals surface area contributed by atoms with Gasteiger partial charge in [0.05, 0.1) is 23.9 Å². The summed E-state index contributed by atoms with van der Waals surface area (Å²) in [6.07, 6.45) is 0. The lowest BCUT2D eigenvalue weighted by Gasteiger charge is -2.12. The Morgan fingerprint density at radius 1 is 1.12 bits per heavy atom. The summed E-state index contributed by atoms with van der Waals surface area (Å²) in [4.78, 5) is 30.0. The quantitative estimate of drug-likeness (QED) is 0.455. The summed E-state index contributed by atoms with van der Waals surface area (Å²) in [6.45, 7) is 1.55. The molecule has 10 heteroatoms. The number of amides is 1. The molecule has 0 saturated carbocycles. The third-order valence-electron chi connectivity index (χ3n) is 4.69. The van der Waals surface area contributed by atoms with Gasteiger partial charge in [0, 0.05) is 22.3 Å². The van der Waals surface area contributed by atoms with Crippen LogP contribution in [0.15, 0.2) is 47.3 Å². The molecule has 32 heavy (non-hydrogen) atoms. The molecule has 0 spiro atoms. The van der Waals surface area contributed by atoms with E-state index >= 15 is 0 Å². The van der Waals surface area contributed by atoms with E-state index in [1.54, 1.807) is 30.3 Å². The standard InChI is InChI=1S/C22H19ClN4O4S/c1-12-24-20-21(32-12)19(13-4-6-14(23)7-5-13)26-27(22(20)29)11-18(28)25-15-8-9-16(30-2)17(10-15)31-3/h4-10H,11H2,1-3H3,(H,25,28). The maximum Gasteiger partial charge on any atom is 0.294 e. The molecule has 164 valence electrons. The van der Waals surface area contributed by atoms with Crippen LogP contribution in [0.25, 0.3) is 21.5 Å². The third kappa shape index (κ3) is 4.30. The Morgan fingerprint density at radius 3 is 2.53 bits per heavy atom. The maximum atomic E-state index is 13.0. The first-order chi connectivity index (χ1) is 15.4. The number of aromatic nitrogens is 3. The molecular formula is C22H19ClN4O4S. The van der Waals surface area contributed by atoms with E-state index in [-0.39, 0.29) is 12.1 Å². The summed E-state index contributed by atoms with van der Waals surface area (Å²) in [5.41, 5.74) is 1.71. The molecule has 0 bridgehead atoms. The molecule has 2 aromatic carbocycles. The fourth-order valence-electron chi connectivity index (χ4n) is 3.22. The van der Waals surface area contributed by atoms with E-state index in [0.717, 1.165) is 15.3 Å². The number of carbonyl (C=O) groups is 1. The SMILES string of the molecule is COc1ccc(NC(=O)Cn2nc(-c3ccc(Cl)cc3)c3sc(C)nc3c2=O)cc1OC. The highest BCUT2D eigenvalue weighted by molar-refractivity contribution is 7.19. The molecule has 0 atom stereocenters. The van der Waals surface area contributed by atoms with E-state index in [2.05, 4.69) is 15.4 Å². The molecule has 0 aliphatic heterocycles. The molecule has 4 rings (SSSR count). The van der Waals surface area contributed by atoms with E-state index < -0.39 is 11.5 Å². The molecule has 0 saturated heterocycles. The Hall–Kier alpha value is -3.43. The largest absolute Gasteiger partial charge is 0.493 e. The zero-order valence-electron chi connectivity index (χ0n) is 17.5. The van der Waals surface area contributed by atoms with Crippen molar-refractivity contribution < 1.29 is 14.3 Å². The second-order valence-electron chi connectivity index (χ2n) is 6.85. The molecule has 0 radical (unpaired) electrons. The number of halogens is 1. The number of nitrogens with one attached hydrogen (secondary N) is 1. The van der Waals surface area contributed by atoms with Gasteiger partial charge in [0.1, 0.15) is 12.2 Å². The number of methoxy groups -OCH3 is 2. The van der Waals surface area contributed by atoms with Crippen molar-refractivity contribution in [2.45, 2.75) is 13.5 Å². The molecule has 0 aliphatic rings. The van der Waals surface area contributed by atoms with Crippen LogP contribution in [0, 0.1) is 6.92 Å². The molecule has 2 aromatic heterocycles. The van der Waals surface area contributed by atoms with Crippen molar-refractivity contribution in [3.05, 3.63) is 62.8 Å². The minimum absolute atomic E-state index is 0.277. The highest BCUT2D eigenvalue weighted by Crippen LogP contribution is 2.31. The Morgan fingerprint density at radius 2 is 1.84 bits per heavy atom. The summed E-state index contributed by atoms with van der Waals surface area (Å²) < 4.78 is 12.3. The van der Waals surface area contributed by atoms with Gasteiger partial charge in [-0.05, 0) is 31.2 Å². The van der Waals surface area contributed by atoms with Gasteiger partial charge in [-0.15, -0.1) is 11.3 Å². The van der Waals surface area contributed by atoms with Crippen LogP contribution in [0.2, 0.25) is 5.02 Å². The van der Waals surface area contributed by atoms with E-state index in [1.165, 1.54) is 25.6 Å². The zero-order chi connectivity index (χ0) is 22.8. The summed E-state index contributed by atoms with van der Waals surface area (Å²) in [6, 6.07) is 12.1. The number of rotatable bonds is 6. The fourth-order valence-corrected chi connectivity index (χ4v) is 4.26. The van der Waals surface area contributed by atoms with Gasteiger partial charge in [0.15, 0.2) is 17.0 Å². The van der Waals surface area contributed by atoms with Gasteiger partial charge in [-0.3, -0.25) is 9.59 Å². The van der Waals surface area contributed by atoms with Crippen LogP contribution in [-0.2, 0) is 11.3 Å². The predicted octanol–water partition coefficient (Wildman–Crippen LogP) is 4.14. The predicted molar refractivity (Wildman–Crippen MR) is 125 cm³/mol. The topological polar surface area (TPSA) is 95.3 Å². The number of anilines is 1. The lowest BCUT2D eigenvalue weighted by molar-refractivity contribution is -0.117. The Kier molecular flexibility index (Phi) is 6.11. The van der Waals surface area contributed by atoms with Crippen molar-refractivity contribution in [2.75, 3.05) is 19.5 Å². The van der Waals surface area contributed by atoms with Crippen molar-refractivity contribution in [2.24, 2.45) is 0 Å². The minimum atomic E-state index is -0.426. The average molecular weight is 471 g/mol. The number of hydrogen-bond acceptors (Lipinski definition) is 7. The van der Waals surface area contributed by atoms with Gasteiger partial charge >= 0.3 is 0 Å². The smallest absolute Gasteiger partial charge is 0.294 e. The molecule has 2 heterocycles. The van der Waals surface area contributed by atoms with Crippen molar-refractivity contribution in [3.8, 4) is 22.8 Å². The second kappa shape index (κ2) is 8.97. The number of thiazole rings is 1. The highest BCUT2D eigenvalue weighted by atomic mass is 35.5. The number of nitrogens with zero attached hydrogens (tertiary/aromatic N) is 3. The first-order valence-corrected chi connectivity index (χ1v) is 10.7. The Balaban J connectivity index is 1.68. The van der Waals surface area contributed by atoms with Gasteiger partial charge in [-0.2, -0.15) is 5.10 Å². The van der Waals surface area contributed by atoms with Crippen LogP contribution in [0.1, 0.15) is 5.01 Å². The summed E-state index contributed by atoms with van der Waals surface area (Å²) in [5, 5.41) is 8.56. The normalized spacial score (nSPS) is 10.9. The molecule has 8 nitrogen and oxygen atoms in total. The van der Waals surface area contributed by atoms with Crippen LogP contribution in [0.5, 0.6) is 11.5 Å². The number of aryl methyl sites for hydroxylation is 1. The van der Waals surface area contributed by atoms with Gasteiger partial charge in [0.2, 0.25) is 5.91 Å². The molecule has 0 unspecified atom stereocenters. The van der Waals surface area contributed by atoms with Crippen molar-refractivity contribution in [3.63, 3.8) is 0 Å². The van der Waals surface area contributed by atoms with E-state index in [9.17, 15) is 9.59 Å². The van der Waals surface area contributed by atoms with Gasteiger partial charge in [-0.25, -0.2) is 9.67 Å². The van der Waals surface area contributed by atoms with Gasteiger partial charge in [-0.1, -0.05) is 23.7 Å².